The number of rotatable bonds is 8. The summed E-state index contributed by atoms with van der Waals surface area (Å²) in [6.07, 6.45) is 0. The Bertz CT molecular complexity index is 1140. The molecule has 1 aliphatic heterocycles. The average Bonchev–Trinajstić information content (AvgIpc) is 2.90. The molecule has 182 valence electrons. The Morgan fingerprint density at radius 3 is 2.29 bits per heavy atom. The minimum Gasteiger partial charge on any atom is -0.495 e. The van der Waals surface area contributed by atoms with Crippen molar-refractivity contribution in [2.45, 2.75) is 13.0 Å². The Kier molecular flexibility index (Phi) is 8.00. The zero-order valence-electron chi connectivity index (χ0n) is 20.2. The topological polar surface area (TPSA) is 73.9 Å². The maximum Gasteiger partial charge on any atom is 0.253 e. The van der Waals surface area contributed by atoms with E-state index in [9.17, 15) is 9.59 Å². The van der Waals surface area contributed by atoms with Crippen molar-refractivity contribution in [1.82, 2.24) is 10.2 Å². The summed E-state index contributed by atoms with van der Waals surface area (Å²) >= 11 is 0. The zero-order valence-corrected chi connectivity index (χ0v) is 20.2. The highest BCUT2D eigenvalue weighted by Gasteiger charge is 2.22. The van der Waals surface area contributed by atoms with Crippen LogP contribution in [-0.2, 0) is 4.79 Å². The fraction of sp³-hybridized carbons (Fsp3) is 0.286. The van der Waals surface area contributed by atoms with E-state index in [0.29, 0.717) is 11.3 Å². The van der Waals surface area contributed by atoms with Gasteiger partial charge in [0.15, 0.2) is 0 Å². The average molecular weight is 473 g/mol. The third kappa shape index (κ3) is 6.19. The van der Waals surface area contributed by atoms with Crippen LogP contribution in [0.4, 0.5) is 11.4 Å². The molecule has 7 nitrogen and oxygen atoms in total. The summed E-state index contributed by atoms with van der Waals surface area (Å²) in [6, 6.07) is 24.7. The summed E-state index contributed by atoms with van der Waals surface area (Å²) in [4.78, 5) is 30.2. The van der Waals surface area contributed by atoms with Crippen LogP contribution >= 0.6 is 0 Å². The van der Waals surface area contributed by atoms with Crippen LogP contribution in [-0.4, -0.2) is 56.5 Å². The number of carbonyl (C=O) groups excluding carboxylic acids is 2. The van der Waals surface area contributed by atoms with Crippen LogP contribution in [0, 0.1) is 0 Å². The van der Waals surface area contributed by atoms with E-state index in [1.807, 2.05) is 61.5 Å². The second kappa shape index (κ2) is 11.5. The van der Waals surface area contributed by atoms with E-state index in [1.54, 1.807) is 25.3 Å². The lowest BCUT2D eigenvalue weighted by Gasteiger charge is -2.36. The first kappa shape index (κ1) is 24.3. The van der Waals surface area contributed by atoms with Crippen LogP contribution in [0.25, 0.3) is 0 Å². The van der Waals surface area contributed by atoms with Crippen molar-refractivity contribution in [3.05, 3.63) is 90.0 Å². The molecule has 35 heavy (non-hydrogen) atoms. The van der Waals surface area contributed by atoms with Crippen molar-refractivity contribution < 1.29 is 14.3 Å². The standard InChI is InChI=1S/C28H32N4O3/c1-21(22-10-4-3-5-11-22)29-28(34)23-12-6-7-13-24(23)30-27(33)20-31-16-18-32(19-17-31)25-14-8-9-15-26(25)35-2/h3-15,21H,16-20H2,1-2H3,(H,29,34)(H,30,33)/t21-/m0/s1. The van der Waals surface area contributed by atoms with Crippen LogP contribution in [0.3, 0.4) is 0 Å². The predicted molar refractivity (Wildman–Crippen MR) is 139 cm³/mol. The number of amides is 2. The summed E-state index contributed by atoms with van der Waals surface area (Å²) in [6.45, 7) is 5.37. The largest absolute Gasteiger partial charge is 0.495 e. The number of hydrogen-bond acceptors (Lipinski definition) is 5. The number of benzene rings is 3. The zero-order chi connectivity index (χ0) is 24.6. The van der Waals surface area contributed by atoms with Crippen LogP contribution in [0.2, 0.25) is 0 Å². The molecule has 0 unspecified atom stereocenters. The van der Waals surface area contributed by atoms with Gasteiger partial charge in [0.25, 0.3) is 5.91 Å². The Hall–Kier alpha value is -3.84. The van der Waals surface area contributed by atoms with Gasteiger partial charge in [-0.1, -0.05) is 54.6 Å². The molecular weight excluding hydrogens is 440 g/mol. The predicted octanol–water partition coefficient (Wildman–Crippen LogP) is 3.95. The van der Waals surface area contributed by atoms with Gasteiger partial charge in [-0.15, -0.1) is 0 Å². The van der Waals surface area contributed by atoms with Gasteiger partial charge in [0.1, 0.15) is 5.75 Å². The van der Waals surface area contributed by atoms with E-state index in [2.05, 4.69) is 26.5 Å². The summed E-state index contributed by atoms with van der Waals surface area (Å²) in [5.74, 6) is 0.505. The van der Waals surface area contributed by atoms with Gasteiger partial charge in [-0.05, 0) is 36.8 Å². The Morgan fingerprint density at radius 2 is 1.54 bits per heavy atom. The molecule has 7 heteroatoms. The number of ether oxygens (including phenoxy) is 1. The van der Waals surface area contributed by atoms with E-state index in [-0.39, 0.29) is 24.4 Å². The third-order valence-corrected chi connectivity index (χ3v) is 6.26. The van der Waals surface area contributed by atoms with Gasteiger partial charge in [-0.25, -0.2) is 0 Å². The van der Waals surface area contributed by atoms with Crippen molar-refractivity contribution in [1.29, 1.82) is 0 Å². The molecule has 3 aromatic carbocycles. The minimum atomic E-state index is -0.220. The lowest BCUT2D eigenvalue weighted by atomic mass is 10.1. The first-order valence-corrected chi connectivity index (χ1v) is 11.9. The van der Waals surface area contributed by atoms with Gasteiger partial charge in [-0.3, -0.25) is 14.5 Å². The molecule has 1 saturated heterocycles. The molecule has 2 N–H and O–H groups in total. The number of nitrogens with one attached hydrogen (secondary N) is 2. The van der Waals surface area contributed by atoms with Gasteiger partial charge >= 0.3 is 0 Å². The Labute approximate surface area is 206 Å². The van der Waals surface area contributed by atoms with Crippen LogP contribution in [0.15, 0.2) is 78.9 Å². The van der Waals surface area contributed by atoms with Crippen molar-refractivity contribution in [3.8, 4) is 5.75 Å². The molecule has 0 spiro atoms. The molecule has 0 aliphatic carbocycles. The number of para-hydroxylation sites is 3. The molecule has 0 aromatic heterocycles. The molecule has 1 heterocycles. The molecule has 0 radical (unpaired) electrons. The van der Waals surface area contributed by atoms with Crippen molar-refractivity contribution in [2.24, 2.45) is 0 Å². The molecule has 4 rings (SSSR count). The molecule has 0 saturated carbocycles. The second-order valence-electron chi connectivity index (χ2n) is 8.63. The van der Waals surface area contributed by atoms with E-state index >= 15 is 0 Å². The number of nitrogens with zero attached hydrogens (tertiary/aromatic N) is 2. The maximum atomic E-state index is 13.0. The van der Waals surface area contributed by atoms with Crippen LogP contribution in [0.5, 0.6) is 5.75 Å². The van der Waals surface area contributed by atoms with Crippen molar-refractivity contribution >= 4 is 23.2 Å². The molecular formula is C28H32N4O3. The van der Waals surface area contributed by atoms with Gasteiger partial charge in [0, 0.05) is 26.2 Å². The fourth-order valence-electron chi connectivity index (χ4n) is 4.32. The summed E-state index contributed by atoms with van der Waals surface area (Å²) in [7, 11) is 1.68. The molecule has 3 aromatic rings. The van der Waals surface area contributed by atoms with Crippen molar-refractivity contribution in [2.75, 3.05) is 50.1 Å². The lowest BCUT2D eigenvalue weighted by Crippen LogP contribution is -2.48. The Morgan fingerprint density at radius 1 is 0.886 bits per heavy atom. The first-order valence-electron chi connectivity index (χ1n) is 11.9. The highest BCUT2D eigenvalue weighted by Crippen LogP contribution is 2.28. The van der Waals surface area contributed by atoms with E-state index in [1.165, 1.54) is 0 Å². The van der Waals surface area contributed by atoms with E-state index in [4.69, 9.17) is 4.74 Å². The second-order valence-corrected chi connectivity index (χ2v) is 8.63. The first-order chi connectivity index (χ1) is 17.0. The highest BCUT2D eigenvalue weighted by molar-refractivity contribution is 6.04. The SMILES string of the molecule is COc1ccccc1N1CCN(CC(=O)Nc2ccccc2C(=O)N[C@@H](C)c2ccccc2)CC1. The van der Waals surface area contributed by atoms with Gasteiger partial charge in [-0.2, -0.15) is 0 Å². The number of piperazine rings is 1. The number of carbonyl (C=O) groups is 2. The smallest absolute Gasteiger partial charge is 0.253 e. The third-order valence-electron chi connectivity index (χ3n) is 6.26. The maximum absolute atomic E-state index is 13.0. The van der Waals surface area contributed by atoms with Crippen LogP contribution in [0.1, 0.15) is 28.9 Å². The van der Waals surface area contributed by atoms with Gasteiger partial charge in [0.2, 0.25) is 5.91 Å². The quantitative estimate of drug-likeness (QED) is 0.519. The van der Waals surface area contributed by atoms with E-state index in [0.717, 1.165) is 43.2 Å². The molecule has 1 aliphatic rings. The number of anilines is 2. The Balaban J connectivity index is 1.32. The normalized spacial score (nSPS) is 14.7. The van der Waals surface area contributed by atoms with Crippen molar-refractivity contribution in [3.63, 3.8) is 0 Å². The minimum absolute atomic E-state index is 0.132. The lowest BCUT2D eigenvalue weighted by molar-refractivity contribution is -0.117. The number of hydrogen-bond donors (Lipinski definition) is 2. The molecule has 0 bridgehead atoms. The summed E-state index contributed by atoms with van der Waals surface area (Å²) in [5.41, 5.74) is 3.06. The van der Waals surface area contributed by atoms with Crippen LogP contribution < -0.4 is 20.3 Å². The summed E-state index contributed by atoms with van der Waals surface area (Å²) < 4.78 is 5.48. The number of methoxy groups -OCH3 is 1. The monoisotopic (exact) mass is 472 g/mol. The van der Waals surface area contributed by atoms with Gasteiger partial charge < -0.3 is 20.3 Å². The van der Waals surface area contributed by atoms with E-state index < -0.39 is 0 Å². The fourth-order valence-corrected chi connectivity index (χ4v) is 4.32. The summed E-state index contributed by atoms with van der Waals surface area (Å²) in [5, 5.41) is 5.96. The molecule has 1 fully saturated rings. The molecule has 2 amide bonds. The van der Waals surface area contributed by atoms with Gasteiger partial charge in [0.05, 0.1) is 36.6 Å². The highest BCUT2D eigenvalue weighted by atomic mass is 16.5. The molecule has 1 atom stereocenters.